The lowest BCUT2D eigenvalue weighted by Gasteiger charge is -2.20. The SMILES string of the molecule is CCN(CC)Cc1ccccc1Oc1ccc(S(=O)(=O)c2ccc(OC)cc2)cc1. The second-order valence-corrected chi connectivity index (χ2v) is 8.77. The van der Waals surface area contributed by atoms with Crippen LogP contribution in [0.1, 0.15) is 19.4 Å². The van der Waals surface area contributed by atoms with Crippen molar-refractivity contribution in [1.82, 2.24) is 4.90 Å². The summed E-state index contributed by atoms with van der Waals surface area (Å²) < 4.78 is 36.9. The Bertz CT molecular complexity index is 1060. The zero-order valence-electron chi connectivity index (χ0n) is 17.5. The van der Waals surface area contributed by atoms with E-state index in [-0.39, 0.29) is 9.79 Å². The van der Waals surface area contributed by atoms with E-state index in [2.05, 4.69) is 24.8 Å². The molecule has 0 spiro atoms. The number of hydrogen-bond acceptors (Lipinski definition) is 5. The van der Waals surface area contributed by atoms with Crippen LogP contribution in [0, 0.1) is 0 Å². The van der Waals surface area contributed by atoms with E-state index in [1.165, 1.54) is 0 Å². The highest BCUT2D eigenvalue weighted by atomic mass is 32.2. The average Bonchev–Trinajstić information content (AvgIpc) is 2.79. The summed E-state index contributed by atoms with van der Waals surface area (Å²) >= 11 is 0. The van der Waals surface area contributed by atoms with Gasteiger partial charge in [-0.3, -0.25) is 4.90 Å². The van der Waals surface area contributed by atoms with Crippen LogP contribution < -0.4 is 9.47 Å². The Labute approximate surface area is 178 Å². The fourth-order valence-corrected chi connectivity index (χ4v) is 4.39. The van der Waals surface area contributed by atoms with Gasteiger partial charge in [-0.15, -0.1) is 0 Å². The van der Waals surface area contributed by atoms with Crippen LogP contribution in [0.4, 0.5) is 0 Å². The molecule has 0 saturated carbocycles. The maximum Gasteiger partial charge on any atom is 0.206 e. The largest absolute Gasteiger partial charge is 0.497 e. The van der Waals surface area contributed by atoms with Crippen LogP contribution >= 0.6 is 0 Å². The Morgan fingerprint density at radius 2 is 1.30 bits per heavy atom. The fraction of sp³-hybridized carbons (Fsp3) is 0.250. The number of sulfone groups is 1. The number of rotatable bonds is 9. The van der Waals surface area contributed by atoms with Gasteiger partial charge in [-0.25, -0.2) is 8.42 Å². The molecule has 0 unspecified atom stereocenters. The highest BCUT2D eigenvalue weighted by molar-refractivity contribution is 7.91. The van der Waals surface area contributed by atoms with Gasteiger partial charge >= 0.3 is 0 Å². The van der Waals surface area contributed by atoms with Gasteiger partial charge in [0.1, 0.15) is 17.2 Å². The van der Waals surface area contributed by atoms with Crippen molar-refractivity contribution in [3.8, 4) is 17.2 Å². The van der Waals surface area contributed by atoms with Crippen molar-refractivity contribution in [2.45, 2.75) is 30.2 Å². The van der Waals surface area contributed by atoms with Crippen LogP contribution in [0.2, 0.25) is 0 Å². The standard InChI is InChI=1S/C24H27NO4S/c1-4-25(5-2)18-19-8-6-7-9-24(19)29-21-12-16-23(17-13-21)30(26,27)22-14-10-20(28-3)11-15-22/h6-17H,4-5,18H2,1-3H3. The molecule has 0 N–H and O–H groups in total. The molecule has 0 radical (unpaired) electrons. The number of benzene rings is 3. The summed E-state index contributed by atoms with van der Waals surface area (Å²) in [4.78, 5) is 2.75. The van der Waals surface area contributed by atoms with Crippen molar-refractivity contribution in [3.63, 3.8) is 0 Å². The van der Waals surface area contributed by atoms with Gasteiger partial charge in [0.15, 0.2) is 0 Å². The summed E-state index contributed by atoms with van der Waals surface area (Å²) in [5, 5.41) is 0. The lowest BCUT2D eigenvalue weighted by atomic mass is 10.2. The normalized spacial score (nSPS) is 11.5. The maximum atomic E-state index is 12.9. The van der Waals surface area contributed by atoms with Crippen molar-refractivity contribution < 1.29 is 17.9 Å². The summed E-state index contributed by atoms with van der Waals surface area (Å²) in [6.45, 7) is 6.99. The highest BCUT2D eigenvalue weighted by Gasteiger charge is 2.18. The van der Waals surface area contributed by atoms with Gasteiger partial charge in [0.25, 0.3) is 0 Å². The zero-order valence-corrected chi connectivity index (χ0v) is 18.4. The van der Waals surface area contributed by atoms with Crippen molar-refractivity contribution >= 4 is 9.84 Å². The quantitative estimate of drug-likeness (QED) is 0.474. The second-order valence-electron chi connectivity index (χ2n) is 6.82. The molecule has 3 rings (SSSR count). The minimum atomic E-state index is -3.60. The summed E-state index contributed by atoms with van der Waals surface area (Å²) in [6.07, 6.45) is 0. The maximum absolute atomic E-state index is 12.9. The number of para-hydroxylation sites is 1. The van der Waals surface area contributed by atoms with Gasteiger partial charge in [0, 0.05) is 12.1 Å². The average molecular weight is 426 g/mol. The van der Waals surface area contributed by atoms with Gasteiger partial charge in [-0.05, 0) is 67.7 Å². The Morgan fingerprint density at radius 3 is 1.83 bits per heavy atom. The third-order valence-corrected chi connectivity index (χ3v) is 6.78. The van der Waals surface area contributed by atoms with Crippen molar-refractivity contribution in [2.24, 2.45) is 0 Å². The van der Waals surface area contributed by atoms with Crippen LogP contribution in [0.15, 0.2) is 82.6 Å². The summed E-state index contributed by atoms with van der Waals surface area (Å²) in [7, 11) is -2.06. The number of methoxy groups -OCH3 is 1. The Morgan fingerprint density at radius 1 is 0.767 bits per heavy atom. The van der Waals surface area contributed by atoms with Gasteiger partial charge in [0.2, 0.25) is 9.84 Å². The molecule has 0 aliphatic heterocycles. The summed E-state index contributed by atoms with van der Waals surface area (Å²) in [5.41, 5.74) is 1.09. The van der Waals surface area contributed by atoms with E-state index >= 15 is 0 Å². The molecule has 6 heteroatoms. The van der Waals surface area contributed by atoms with E-state index in [4.69, 9.17) is 9.47 Å². The highest BCUT2D eigenvalue weighted by Crippen LogP contribution is 2.29. The molecule has 3 aromatic carbocycles. The van der Waals surface area contributed by atoms with Crippen LogP contribution in [0.25, 0.3) is 0 Å². The number of hydrogen-bond donors (Lipinski definition) is 0. The van der Waals surface area contributed by atoms with E-state index < -0.39 is 9.84 Å². The first-order chi connectivity index (χ1) is 14.5. The predicted molar refractivity (Wildman–Crippen MR) is 118 cm³/mol. The van der Waals surface area contributed by atoms with Gasteiger partial charge in [-0.2, -0.15) is 0 Å². The van der Waals surface area contributed by atoms with Crippen LogP contribution in [0.5, 0.6) is 17.2 Å². The molecule has 158 valence electrons. The summed E-state index contributed by atoms with van der Waals surface area (Å²) in [5.74, 6) is 1.98. The topological polar surface area (TPSA) is 55.8 Å². The first kappa shape index (κ1) is 21.9. The smallest absolute Gasteiger partial charge is 0.206 e. The van der Waals surface area contributed by atoms with Gasteiger partial charge < -0.3 is 9.47 Å². The molecule has 3 aromatic rings. The predicted octanol–water partition coefficient (Wildman–Crippen LogP) is 5.16. The molecule has 0 aromatic heterocycles. The van der Waals surface area contributed by atoms with E-state index in [0.717, 1.165) is 30.9 Å². The van der Waals surface area contributed by atoms with E-state index in [9.17, 15) is 8.42 Å². The third kappa shape index (κ3) is 5.01. The second kappa shape index (κ2) is 9.78. The van der Waals surface area contributed by atoms with Crippen LogP contribution in [-0.2, 0) is 16.4 Å². The monoisotopic (exact) mass is 425 g/mol. The van der Waals surface area contributed by atoms with Crippen LogP contribution in [0.3, 0.4) is 0 Å². The Balaban J connectivity index is 1.79. The minimum absolute atomic E-state index is 0.219. The van der Waals surface area contributed by atoms with Crippen molar-refractivity contribution in [1.29, 1.82) is 0 Å². The zero-order chi connectivity index (χ0) is 21.6. The molecule has 30 heavy (non-hydrogen) atoms. The minimum Gasteiger partial charge on any atom is -0.497 e. The molecule has 0 atom stereocenters. The van der Waals surface area contributed by atoms with Crippen molar-refractivity contribution in [2.75, 3.05) is 20.2 Å². The molecule has 0 aliphatic rings. The molecule has 5 nitrogen and oxygen atoms in total. The molecule has 0 amide bonds. The fourth-order valence-electron chi connectivity index (χ4n) is 3.13. The van der Waals surface area contributed by atoms with E-state index in [1.807, 2.05) is 18.2 Å². The third-order valence-electron chi connectivity index (χ3n) is 4.99. The van der Waals surface area contributed by atoms with Crippen molar-refractivity contribution in [3.05, 3.63) is 78.4 Å². The molecule has 0 bridgehead atoms. The Hall–Kier alpha value is -2.83. The molecular formula is C24H27NO4S. The molecule has 0 heterocycles. The first-order valence-corrected chi connectivity index (χ1v) is 11.4. The molecule has 0 fully saturated rings. The van der Waals surface area contributed by atoms with Gasteiger partial charge in [0.05, 0.1) is 16.9 Å². The van der Waals surface area contributed by atoms with Gasteiger partial charge in [-0.1, -0.05) is 32.0 Å². The first-order valence-electron chi connectivity index (χ1n) is 9.95. The van der Waals surface area contributed by atoms with Crippen LogP contribution in [-0.4, -0.2) is 33.5 Å². The molecule has 0 saturated heterocycles. The Kier molecular flexibility index (Phi) is 7.13. The van der Waals surface area contributed by atoms with E-state index in [1.54, 1.807) is 55.6 Å². The lowest BCUT2D eigenvalue weighted by molar-refractivity contribution is 0.291. The number of nitrogens with zero attached hydrogens (tertiary/aromatic N) is 1. The molecule has 0 aliphatic carbocycles. The number of ether oxygens (including phenoxy) is 2. The summed E-state index contributed by atoms with van der Waals surface area (Å²) in [6, 6.07) is 20.8. The lowest BCUT2D eigenvalue weighted by Crippen LogP contribution is -2.22. The molecular weight excluding hydrogens is 398 g/mol. The van der Waals surface area contributed by atoms with E-state index in [0.29, 0.717) is 11.5 Å².